The van der Waals surface area contributed by atoms with E-state index >= 15 is 0 Å². The molecule has 1 aromatic carbocycles. The summed E-state index contributed by atoms with van der Waals surface area (Å²) < 4.78 is 0. The molecule has 1 nitrogen and oxygen atoms in total. The lowest BCUT2D eigenvalue weighted by atomic mass is 9.99. The molecular weight excluding hydrogens is 170 g/mol. The van der Waals surface area contributed by atoms with E-state index in [1.165, 1.54) is 11.1 Å². The molecule has 0 spiro atoms. The van der Waals surface area contributed by atoms with Gasteiger partial charge in [0, 0.05) is 6.20 Å². The molecule has 0 aliphatic carbocycles. The molecule has 0 N–H and O–H groups in total. The highest BCUT2D eigenvalue weighted by atomic mass is 35.5. The van der Waals surface area contributed by atoms with Crippen LogP contribution in [0.3, 0.4) is 0 Å². The molecule has 2 rings (SSSR count). The summed E-state index contributed by atoms with van der Waals surface area (Å²) >= 11 is 0. The lowest BCUT2D eigenvalue weighted by Gasteiger charge is -2.16. The summed E-state index contributed by atoms with van der Waals surface area (Å²) in [6, 6.07) is 8.70. The summed E-state index contributed by atoms with van der Waals surface area (Å²) in [7, 11) is 0. The Balaban J connectivity index is 0.000000720. The molecular formula is C10H11ClN. The van der Waals surface area contributed by atoms with Gasteiger partial charge >= 0.3 is 0 Å². The Labute approximate surface area is 78.9 Å². The van der Waals surface area contributed by atoms with Gasteiger partial charge in [-0.05, 0) is 24.1 Å². The first kappa shape index (κ1) is 9.14. The second kappa shape index (κ2) is 3.63. The van der Waals surface area contributed by atoms with Gasteiger partial charge in [0.15, 0.2) is 0 Å². The zero-order chi connectivity index (χ0) is 7.68. The molecule has 1 heterocycles. The van der Waals surface area contributed by atoms with Crippen LogP contribution in [0.2, 0.25) is 0 Å². The maximum absolute atomic E-state index is 4.29. The van der Waals surface area contributed by atoms with E-state index in [2.05, 4.69) is 42.6 Å². The molecule has 1 atom stereocenters. The van der Waals surface area contributed by atoms with Crippen LogP contribution in [0.5, 0.6) is 0 Å². The van der Waals surface area contributed by atoms with Crippen molar-refractivity contribution < 1.29 is 0 Å². The van der Waals surface area contributed by atoms with E-state index in [0.29, 0.717) is 6.04 Å². The van der Waals surface area contributed by atoms with Crippen molar-refractivity contribution in [2.75, 3.05) is 0 Å². The molecule has 1 aromatic rings. The minimum atomic E-state index is 0. The first-order valence-corrected chi connectivity index (χ1v) is 3.83. The Bertz CT molecular complexity index is 294. The fourth-order valence-corrected chi connectivity index (χ4v) is 1.38. The first-order valence-electron chi connectivity index (χ1n) is 3.83. The van der Waals surface area contributed by atoms with Crippen molar-refractivity contribution in [2.45, 2.75) is 13.0 Å². The van der Waals surface area contributed by atoms with Crippen molar-refractivity contribution in [2.24, 2.45) is 0 Å². The lowest BCUT2D eigenvalue weighted by molar-refractivity contribution is 0.666. The summed E-state index contributed by atoms with van der Waals surface area (Å²) in [4.78, 5) is 0. The average Bonchev–Trinajstić information content (AvgIpc) is 2.06. The highest BCUT2D eigenvalue weighted by Gasteiger charge is 2.10. The van der Waals surface area contributed by atoms with Crippen molar-refractivity contribution in [3.63, 3.8) is 0 Å². The minimum Gasteiger partial charge on any atom is -0.285 e. The molecule has 1 radical (unpaired) electrons. The molecule has 0 amide bonds. The highest BCUT2D eigenvalue weighted by Crippen LogP contribution is 2.23. The summed E-state index contributed by atoms with van der Waals surface area (Å²) in [6.45, 7) is 2.11. The molecule has 0 saturated carbocycles. The van der Waals surface area contributed by atoms with Crippen LogP contribution >= 0.6 is 12.4 Å². The third-order valence-electron chi connectivity index (χ3n) is 2.01. The topological polar surface area (TPSA) is 14.1 Å². The third kappa shape index (κ3) is 1.46. The van der Waals surface area contributed by atoms with E-state index in [4.69, 9.17) is 0 Å². The number of benzene rings is 1. The number of rotatable bonds is 0. The van der Waals surface area contributed by atoms with Gasteiger partial charge in [-0.25, -0.2) is 0 Å². The number of hydrogen-bond acceptors (Lipinski definition) is 0. The molecule has 63 valence electrons. The van der Waals surface area contributed by atoms with Crippen LogP contribution in [0.1, 0.15) is 24.1 Å². The van der Waals surface area contributed by atoms with Crippen LogP contribution in [-0.4, -0.2) is 0 Å². The van der Waals surface area contributed by atoms with Gasteiger partial charge in [-0.15, -0.1) is 12.4 Å². The Hall–Kier alpha value is -0.950. The average molecular weight is 181 g/mol. The number of halogens is 1. The van der Waals surface area contributed by atoms with Crippen LogP contribution in [0.25, 0.3) is 6.08 Å². The summed E-state index contributed by atoms with van der Waals surface area (Å²) in [5.41, 5.74) is 2.63. The van der Waals surface area contributed by atoms with Crippen molar-refractivity contribution in [1.29, 1.82) is 0 Å². The van der Waals surface area contributed by atoms with Crippen molar-refractivity contribution in [1.82, 2.24) is 5.32 Å². The summed E-state index contributed by atoms with van der Waals surface area (Å²) in [5, 5.41) is 4.29. The summed E-state index contributed by atoms with van der Waals surface area (Å²) in [6.07, 6.45) is 3.93. The second-order valence-electron chi connectivity index (χ2n) is 2.77. The minimum absolute atomic E-state index is 0. The van der Waals surface area contributed by atoms with E-state index in [1.807, 2.05) is 6.20 Å². The van der Waals surface area contributed by atoms with Crippen molar-refractivity contribution in [3.05, 3.63) is 41.6 Å². The van der Waals surface area contributed by atoms with Crippen molar-refractivity contribution in [3.8, 4) is 0 Å². The zero-order valence-corrected chi connectivity index (χ0v) is 7.71. The number of nitrogens with zero attached hydrogens (tertiary/aromatic N) is 1. The zero-order valence-electron chi connectivity index (χ0n) is 6.90. The Kier molecular flexibility index (Phi) is 2.77. The van der Waals surface area contributed by atoms with E-state index < -0.39 is 0 Å². The first-order chi connectivity index (χ1) is 5.38. The molecule has 1 aliphatic heterocycles. The van der Waals surface area contributed by atoms with E-state index in [1.54, 1.807) is 0 Å². The third-order valence-corrected chi connectivity index (χ3v) is 2.01. The van der Waals surface area contributed by atoms with Gasteiger partial charge < -0.3 is 0 Å². The molecule has 0 saturated heterocycles. The maximum atomic E-state index is 4.29. The predicted octanol–water partition coefficient (Wildman–Crippen LogP) is 2.76. The van der Waals surface area contributed by atoms with Crippen molar-refractivity contribution >= 4 is 18.5 Å². The van der Waals surface area contributed by atoms with Gasteiger partial charge in [0.05, 0.1) is 6.04 Å². The lowest BCUT2D eigenvalue weighted by Crippen LogP contribution is -2.09. The van der Waals surface area contributed by atoms with Crippen LogP contribution in [0.15, 0.2) is 30.5 Å². The van der Waals surface area contributed by atoms with Gasteiger partial charge in [0.1, 0.15) is 0 Å². The largest absolute Gasteiger partial charge is 0.285 e. The van der Waals surface area contributed by atoms with Gasteiger partial charge in [-0.1, -0.05) is 24.3 Å². The van der Waals surface area contributed by atoms with Crippen LogP contribution in [0.4, 0.5) is 0 Å². The quantitative estimate of drug-likeness (QED) is 0.583. The normalized spacial score (nSPS) is 18.9. The van der Waals surface area contributed by atoms with Crippen LogP contribution in [-0.2, 0) is 0 Å². The Morgan fingerprint density at radius 1 is 1.25 bits per heavy atom. The molecule has 2 heteroatoms. The monoisotopic (exact) mass is 180 g/mol. The smallest absolute Gasteiger partial charge is 0.0726 e. The second-order valence-corrected chi connectivity index (χ2v) is 2.77. The SMILES string of the molecule is CC1[N]C=Cc2ccccc21.Cl. The molecule has 0 aromatic heterocycles. The van der Waals surface area contributed by atoms with Gasteiger partial charge in [-0.3, -0.25) is 5.32 Å². The molecule has 0 bridgehead atoms. The standard InChI is InChI=1S/C10H10N.ClH/c1-8-10-5-3-2-4-9(10)6-7-11-8;/h2-8H,1H3;1H. The molecule has 0 fully saturated rings. The predicted molar refractivity (Wildman–Crippen MR) is 53.3 cm³/mol. The fraction of sp³-hybridized carbons (Fsp3) is 0.200. The van der Waals surface area contributed by atoms with Gasteiger partial charge in [-0.2, -0.15) is 0 Å². The molecule has 1 unspecified atom stereocenters. The fourth-order valence-electron chi connectivity index (χ4n) is 1.38. The summed E-state index contributed by atoms with van der Waals surface area (Å²) in [5.74, 6) is 0. The number of fused-ring (bicyclic) bond motifs is 1. The van der Waals surface area contributed by atoms with Crippen LogP contribution in [0, 0.1) is 0 Å². The Morgan fingerprint density at radius 2 is 2.00 bits per heavy atom. The number of hydrogen-bond donors (Lipinski definition) is 0. The Morgan fingerprint density at radius 3 is 2.75 bits per heavy atom. The van der Waals surface area contributed by atoms with Gasteiger partial charge in [0.2, 0.25) is 0 Å². The highest BCUT2D eigenvalue weighted by molar-refractivity contribution is 5.85. The van der Waals surface area contributed by atoms with Gasteiger partial charge in [0.25, 0.3) is 0 Å². The van der Waals surface area contributed by atoms with E-state index in [-0.39, 0.29) is 12.4 Å². The molecule has 12 heavy (non-hydrogen) atoms. The molecule has 1 aliphatic rings. The van der Waals surface area contributed by atoms with E-state index in [9.17, 15) is 0 Å². The van der Waals surface area contributed by atoms with Crippen LogP contribution < -0.4 is 5.32 Å². The maximum Gasteiger partial charge on any atom is 0.0726 e. The van der Waals surface area contributed by atoms with E-state index in [0.717, 1.165) is 0 Å².